The molecule has 2 rings (SSSR count). The molecule has 0 heterocycles. The second-order valence-electron chi connectivity index (χ2n) is 4.24. The molecule has 1 aromatic rings. The Balaban J connectivity index is 2.22. The minimum absolute atomic E-state index is 0.0210. The van der Waals surface area contributed by atoms with E-state index >= 15 is 0 Å². The van der Waals surface area contributed by atoms with Gasteiger partial charge in [0, 0.05) is 12.6 Å². The number of hydrogen-bond acceptors (Lipinski definition) is 2. The first kappa shape index (κ1) is 12.8. The summed E-state index contributed by atoms with van der Waals surface area (Å²) in [5, 5.41) is 8.53. The Labute approximate surface area is 110 Å². The Bertz CT molecular complexity index is 508. The largest absolute Gasteiger partial charge is 0.335 e. The van der Waals surface area contributed by atoms with Gasteiger partial charge in [-0.3, -0.25) is 4.79 Å². The van der Waals surface area contributed by atoms with E-state index in [0.29, 0.717) is 6.54 Å². The van der Waals surface area contributed by atoms with Crippen LogP contribution in [0.1, 0.15) is 29.6 Å². The molecule has 18 heavy (non-hydrogen) atoms. The van der Waals surface area contributed by atoms with Crippen molar-refractivity contribution < 1.29 is 9.18 Å². The molecule has 5 heteroatoms. The first-order chi connectivity index (χ1) is 8.65. The van der Waals surface area contributed by atoms with Crippen molar-refractivity contribution in [3.63, 3.8) is 0 Å². The van der Waals surface area contributed by atoms with E-state index in [1.807, 2.05) is 6.07 Å². The molecule has 0 bridgehead atoms. The van der Waals surface area contributed by atoms with Gasteiger partial charge in [-0.1, -0.05) is 17.7 Å². The third-order valence-corrected chi connectivity index (χ3v) is 3.19. The van der Waals surface area contributed by atoms with Crippen LogP contribution in [0.5, 0.6) is 0 Å². The van der Waals surface area contributed by atoms with Crippen LogP contribution in [-0.2, 0) is 0 Å². The van der Waals surface area contributed by atoms with Gasteiger partial charge in [-0.05, 0) is 25.0 Å². The number of carbonyl (C=O) groups excluding carboxylic acids is 1. The maximum atomic E-state index is 13.8. The van der Waals surface area contributed by atoms with Crippen LogP contribution in [-0.4, -0.2) is 23.4 Å². The van der Waals surface area contributed by atoms with Gasteiger partial charge in [0.1, 0.15) is 0 Å². The molecule has 0 aromatic heterocycles. The Morgan fingerprint density at radius 2 is 2.28 bits per heavy atom. The third kappa shape index (κ3) is 2.62. The molecule has 1 amide bonds. The summed E-state index contributed by atoms with van der Waals surface area (Å²) in [6.07, 6.45) is 2.09. The van der Waals surface area contributed by atoms with E-state index in [9.17, 15) is 9.18 Å². The van der Waals surface area contributed by atoms with Gasteiger partial charge >= 0.3 is 0 Å². The maximum absolute atomic E-state index is 13.8. The Morgan fingerprint density at radius 3 is 2.89 bits per heavy atom. The van der Waals surface area contributed by atoms with Crippen molar-refractivity contribution in [3.05, 3.63) is 34.6 Å². The lowest BCUT2D eigenvalue weighted by atomic mass is 10.1. The van der Waals surface area contributed by atoms with Gasteiger partial charge in [0.15, 0.2) is 5.82 Å². The van der Waals surface area contributed by atoms with E-state index in [4.69, 9.17) is 16.9 Å². The third-order valence-electron chi connectivity index (χ3n) is 2.90. The molecule has 0 atom stereocenters. The summed E-state index contributed by atoms with van der Waals surface area (Å²) in [4.78, 5) is 13.8. The zero-order valence-corrected chi connectivity index (χ0v) is 10.5. The second kappa shape index (κ2) is 5.36. The van der Waals surface area contributed by atoms with E-state index in [1.165, 1.54) is 12.1 Å². The number of nitriles is 1. The zero-order valence-electron chi connectivity index (χ0n) is 9.70. The van der Waals surface area contributed by atoms with E-state index in [1.54, 1.807) is 11.0 Å². The van der Waals surface area contributed by atoms with Crippen LogP contribution < -0.4 is 0 Å². The standard InChI is InChI=1S/C13H12ClFN2O/c14-11-4-1-3-10(12(11)15)13(18)17(8-2-7-16)9-5-6-9/h1,3-4,9H,2,5-6,8H2. The predicted molar refractivity (Wildman–Crippen MR) is 65.7 cm³/mol. The molecule has 3 nitrogen and oxygen atoms in total. The summed E-state index contributed by atoms with van der Waals surface area (Å²) in [5.74, 6) is -1.07. The van der Waals surface area contributed by atoms with Crippen molar-refractivity contribution in [2.75, 3.05) is 6.54 Å². The molecular weight excluding hydrogens is 255 g/mol. The van der Waals surface area contributed by atoms with E-state index in [-0.39, 0.29) is 29.0 Å². The highest BCUT2D eigenvalue weighted by molar-refractivity contribution is 6.31. The predicted octanol–water partition coefficient (Wildman–Crippen LogP) is 3.00. The fourth-order valence-corrected chi connectivity index (χ4v) is 2.00. The van der Waals surface area contributed by atoms with Crippen molar-refractivity contribution in [2.45, 2.75) is 25.3 Å². The summed E-state index contributed by atoms with van der Waals surface area (Å²) in [6, 6.07) is 6.52. The molecule has 1 saturated carbocycles. The van der Waals surface area contributed by atoms with Gasteiger partial charge in [-0.15, -0.1) is 0 Å². The smallest absolute Gasteiger partial charge is 0.257 e. The highest BCUT2D eigenvalue weighted by atomic mass is 35.5. The number of carbonyl (C=O) groups is 1. The van der Waals surface area contributed by atoms with Gasteiger partial charge in [0.2, 0.25) is 0 Å². The first-order valence-electron chi connectivity index (χ1n) is 5.77. The molecule has 0 saturated heterocycles. The maximum Gasteiger partial charge on any atom is 0.257 e. The molecule has 1 aliphatic rings. The molecule has 94 valence electrons. The number of hydrogen-bond donors (Lipinski definition) is 0. The van der Waals surface area contributed by atoms with Crippen molar-refractivity contribution in [1.82, 2.24) is 4.90 Å². The van der Waals surface area contributed by atoms with E-state index < -0.39 is 5.82 Å². The summed E-state index contributed by atoms with van der Waals surface area (Å²) in [7, 11) is 0. The Morgan fingerprint density at radius 1 is 1.56 bits per heavy atom. The summed E-state index contributed by atoms with van der Waals surface area (Å²) >= 11 is 5.66. The monoisotopic (exact) mass is 266 g/mol. The van der Waals surface area contributed by atoms with Gasteiger partial charge in [0.05, 0.1) is 23.1 Å². The first-order valence-corrected chi connectivity index (χ1v) is 6.15. The number of benzene rings is 1. The van der Waals surface area contributed by atoms with E-state index in [2.05, 4.69) is 0 Å². The molecular formula is C13H12ClFN2O. The average molecular weight is 267 g/mol. The lowest BCUT2D eigenvalue weighted by molar-refractivity contribution is 0.0742. The lowest BCUT2D eigenvalue weighted by Gasteiger charge is -2.21. The SMILES string of the molecule is N#CCCN(C(=O)c1cccc(Cl)c1F)C1CC1. The molecule has 0 aliphatic heterocycles. The highest BCUT2D eigenvalue weighted by Gasteiger charge is 2.33. The average Bonchev–Trinajstić information content (AvgIpc) is 3.17. The highest BCUT2D eigenvalue weighted by Crippen LogP contribution is 2.29. The van der Waals surface area contributed by atoms with Crippen LogP contribution in [0.25, 0.3) is 0 Å². The molecule has 0 radical (unpaired) electrons. The molecule has 0 spiro atoms. The molecule has 0 N–H and O–H groups in total. The topological polar surface area (TPSA) is 44.1 Å². The molecule has 1 fully saturated rings. The van der Waals surface area contributed by atoms with Gasteiger partial charge in [-0.25, -0.2) is 4.39 Å². The minimum Gasteiger partial charge on any atom is -0.335 e. The molecule has 1 aliphatic carbocycles. The Kier molecular flexibility index (Phi) is 3.83. The summed E-state index contributed by atoms with van der Waals surface area (Å²) < 4.78 is 13.8. The number of amides is 1. The Hall–Kier alpha value is -1.60. The van der Waals surface area contributed by atoms with Gasteiger partial charge in [0.25, 0.3) is 5.91 Å². The molecule has 1 aromatic carbocycles. The normalized spacial score (nSPS) is 14.1. The van der Waals surface area contributed by atoms with Crippen LogP contribution in [0, 0.1) is 17.1 Å². The van der Waals surface area contributed by atoms with Crippen molar-refractivity contribution in [1.29, 1.82) is 5.26 Å². The zero-order chi connectivity index (χ0) is 13.1. The number of halogens is 2. The van der Waals surface area contributed by atoms with Crippen LogP contribution in [0.15, 0.2) is 18.2 Å². The van der Waals surface area contributed by atoms with E-state index in [0.717, 1.165) is 12.8 Å². The fraction of sp³-hybridized carbons (Fsp3) is 0.385. The van der Waals surface area contributed by atoms with Crippen LogP contribution >= 0.6 is 11.6 Å². The lowest BCUT2D eigenvalue weighted by Crippen LogP contribution is -2.34. The number of rotatable bonds is 4. The van der Waals surface area contributed by atoms with Crippen LogP contribution in [0.3, 0.4) is 0 Å². The van der Waals surface area contributed by atoms with Crippen molar-refractivity contribution in [3.8, 4) is 6.07 Å². The van der Waals surface area contributed by atoms with Crippen LogP contribution in [0.2, 0.25) is 5.02 Å². The van der Waals surface area contributed by atoms with Crippen molar-refractivity contribution >= 4 is 17.5 Å². The van der Waals surface area contributed by atoms with Gasteiger partial charge < -0.3 is 4.90 Å². The van der Waals surface area contributed by atoms with Crippen molar-refractivity contribution in [2.24, 2.45) is 0 Å². The quantitative estimate of drug-likeness (QED) is 0.841. The van der Waals surface area contributed by atoms with Gasteiger partial charge in [-0.2, -0.15) is 5.26 Å². The summed E-state index contributed by atoms with van der Waals surface area (Å²) in [6.45, 7) is 0.339. The minimum atomic E-state index is -0.688. The molecule has 0 unspecified atom stereocenters. The second-order valence-corrected chi connectivity index (χ2v) is 4.65. The number of nitrogens with zero attached hydrogens (tertiary/aromatic N) is 2. The van der Waals surface area contributed by atoms with Crippen LogP contribution in [0.4, 0.5) is 4.39 Å². The summed E-state index contributed by atoms with van der Waals surface area (Å²) in [5.41, 5.74) is -0.0210. The fourth-order valence-electron chi connectivity index (χ4n) is 1.83.